The van der Waals surface area contributed by atoms with Gasteiger partial charge in [0.15, 0.2) is 0 Å². The molecule has 0 amide bonds. The van der Waals surface area contributed by atoms with E-state index in [2.05, 4.69) is 52.0 Å². The molecule has 6 heteroatoms. The van der Waals surface area contributed by atoms with Gasteiger partial charge in [-0.1, -0.05) is 39.8 Å². The Morgan fingerprint density at radius 1 is 0.667 bits per heavy atom. The molecule has 36 heavy (non-hydrogen) atoms. The molecular weight excluding hydrogens is 480 g/mol. The highest BCUT2D eigenvalue weighted by atomic mass is 32.1. The molecule has 2 fully saturated rings. The predicted molar refractivity (Wildman–Crippen MR) is 146 cm³/mol. The van der Waals surface area contributed by atoms with Gasteiger partial charge in [0.2, 0.25) is 0 Å². The first-order chi connectivity index (χ1) is 17.3. The third-order valence-corrected chi connectivity index (χ3v) is 12.5. The van der Waals surface area contributed by atoms with Gasteiger partial charge in [0.05, 0.1) is 21.1 Å². The smallest absolute Gasteiger partial charge is 0.142 e. The second-order valence-corrected chi connectivity index (χ2v) is 14.6. The van der Waals surface area contributed by atoms with E-state index in [-0.39, 0.29) is 0 Å². The summed E-state index contributed by atoms with van der Waals surface area (Å²) in [7, 11) is 0. The molecule has 0 saturated heterocycles. The van der Waals surface area contributed by atoms with Crippen LogP contribution in [-0.2, 0) is 12.8 Å². The van der Waals surface area contributed by atoms with Crippen molar-refractivity contribution in [3.63, 3.8) is 0 Å². The lowest BCUT2D eigenvalue weighted by Gasteiger charge is -2.56. The van der Waals surface area contributed by atoms with Crippen LogP contribution in [-0.4, -0.2) is 19.9 Å². The van der Waals surface area contributed by atoms with Crippen LogP contribution in [0.4, 0.5) is 0 Å². The van der Waals surface area contributed by atoms with Crippen molar-refractivity contribution < 1.29 is 0 Å². The summed E-state index contributed by atoms with van der Waals surface area (Å²) in [5, 5.41) is 1.99. The van der Waals surface area contributed by atoms with Gasteiger partial charge in [-0.2, -0.15) is 0 Å². The Labute approximate surface area is 220 Å². The lowest BCUT2D eigenvalue weighted by Crippen LogP contribution is -2.48. The first-order valence-corrected chi connectivity index (χ1v) is 14.8. The van der Waals surface area contributed by atoms with E-state index in [1.165, 1.54) is 48.2 Å². The molecule has 0 aliphatic heterocycles. The summed E-state index contributed by atoms with van der Waals surface area (Å²) in [5.41, 5.74) is 8.30. The van der Waals surface area contributed by atoms with Gasteiger partial charge in [0, 0.05) is 35.6 Å². The first kappa shape index (κ1) is 21.6. The second-order valence-electron chi connectivity index (χ2n) is 12.6. The Morgan fingerprint density at radius 3 is 1.53 bits per heavy atom. The quantitative estimate of drug-likeness (QED) is 0.283. The van der Waals surface area contributed by atoms with E-state index in [0.29, 0.717) is 22.7 Å². The Balaban J connectivity index is 1.08. The van der Waals surface area contributed by atoms with Gasteiger partial charge in [-0.05, 0) is 71.6 Å². The molecule has 4 aromatic heterocycles. The molecule has 6 aliphatic rings. The third kappa shape index (κ3) is 2.86. The van der Waals surface area contributed by atoms with E-state index < -0.39 is 0 Å². The predicted octanol–water partition coefficient (Wildman–Crippen LogP) is 7.76. The van der Waals surface area contributed by atoms with Crippen molar-refractivity contribution in [3.8, 4) is 31.2 Å². The average molecular weight is 511 g/mol. The molecule has 0 unspecified atom stereocenters. The van der Waals surface area contributed by atoms with Crippen LogP contribution in [0, 0.1) is 22.7 Å². The van der Waals surface area contributed by atoms with Crippen molar-refractivity contribution >= 4 is 22.7 Å². The third-order valence-electron chi connectivity index (χ3n) is 10.3. The van der Waals surface area contributed by atoms with E-state index in [1.54, 1.807) is 22.7 Å². The van der Waals surface area contributed by atoms with E-state index in [0.717, 1.165) is 43.0 Å². The zero-order valence-corrected chi connectivity index (χ0v) is 22.8. The van der Waals surface area contributed by atoms with Gasteiger partial charge in [-0.3, -0.25) is 0 Å². The molecule has 4 nitrogen and oxygen atoms in total. The molecular formula is C30H30N4S2. The maximum Gasteiger partial charge on any atom is 0.142 e. The van der Waals surface area contributed by atoms with E-state index >= 15 is 0 Å². The number of pyridine rings is 2. The van der Waals surface area contributed by atoms with Crippen LogP contribution in [0.2, 0.25) is 0 Å². The molecule has 0 radical (unpaired) electrons. The summed E-state index contributed by atoms with van der Waals surface area (Å²) in [6.07, 6.45) is 8.90. The van der Waals surface area contributed by atoms with Crippen LogP contribution >= 0.6 is 22.7 Å². The number of thiazole rings is 2. The van der Waals surface area contributed by atoms with Gasteiger partial charge in [0.25, 0.3) is 0 Å². The minimum Gasteiger partial charge on any atom is -0.250 e. The van der Waals surface area contributed by atoms with Crippen LogP contribution in [0.25, 0.3) is 31.2 Å². The van der Waals surface area contributed by atoms with Crippen LogP contribution in [0.3, 0.4) is 0 Å². The Bertz CT molecular complexity index is 1430. The molecule has 4 atom stereocenters. The van der Waals surface area contributed by atoms with Crippen molar-refractivity contribution in [2.24, 2.45) is 22.7 Å². The highest BCUT2D eigenvalue weighted by Gasteiger charge is 2.54. The van der Waals surface area contributed by atoms with Crippen molar-refractivity contribution in [2.75, 3.05) is 0 Å². The minimum absolute atomic E-state index is 0.381. The summed E-state index contributed by atoms with van der Waals surface area (Å²) in [6.45, 7) is 9.64. The molecule has 10 rings (SSSR count). The Kier molecular flexibility index (Phi) is 4.27. The molecule has 4 aromatic rings. The number of nitrogens with zero attached hydrogens (tertiary/aromatic N) is 4. The molecule has 0 aromatic carbocycles. The monoisotopic (exact) mass is 510 g/mol. The van der Waals surface area contributed by atoms with E-state index in [1.807, 2.05) is 12.4 Å². The summed E-state index contributed by atoms with van der Waals surface area (Å²) in [6, 6.07) is 8.93. The molecule has 2 saturated carbocycles. The molecule has 0 spiro atoms. The van der Waals surface area contributed by atoms with Gasteiger partial charge in [-0.25, -0.2) is 19.9 Å². The zero-order valence-electron chi connectivity index (χ0n) is 21.2. The lowest BCUT2D eigenvalue weighted by molar-refractivity contribution is 0.0155. The minimum atomic E-state index is 0.381. The van der Waals surface area contributed by atoms with Crippen LogP contribution in [0.5, 0.6) is 0 Å². The topological polar surface area (TPSA) is 51.6 Å². The molecule has 4 bridgehead atoms. The van der Waals surface area contributed by atoms with Gasteiger partial charge in [0.1, 0.15) is 10.0 Å². The number of hydrogen-bond donors (Lipinski definition) is 0. The fraction of sp³-hybridized carbons (Fsp3) is 0.467. The SMILES string of the molecule is CC1(C)[C@@H]2Cc3ccc(-c4ncc(-c5cnc(-c6ccc7c(n6)[C@H]6C[C@@H](C7)C6(C)C)s5)s4)nc3[C@H]1C2. The van der Waals surface area contributed by atoms with Gasteiger partial charge >= 0.3 is 0 Å². The Morgan fingerprint density at radius 2 is 1.11 bits per heavy atom. The van der Waals surface area contributed by atoms with Crippen LogP contribution < -0.4 is 0 Å². The molecule has 182 valence electrons. The highest BCUT2D eigenvalue weighted by Crippen LogP contribution is 2.62. The summed E-state index contributed by atoms with van der Waals surface area (Å²) < 4.78 is 0. The highest BCUT2D eigenvalue weighted by molar-refractivity contribution is 7.24. The van der Waals surface area contributed by atoms with Crippen LogP contribution in [0.15, 0.2) is 36.7 Å². The van der Waals surface area contributed by atoms with Crippen LogP contribution in [0.1, 0.15) is 74.9 Å². The van der Waals surface area contributed by atoms with Gasteiger partial charge < -0.3 is 0 Å². The standard InChI is InChI=1S/C30H30N4S2/c1-29(2)17-9-15-5-7-21(33-25(15)19(29)11-17)27-31-13-23(35-27)24-14-32-28(36-24)22-8-6-16-10-18-12-20(26(16)34-22)30(18,3)4/h5-8,13-14,17-20H,9-12H2,1-4H3/t17-,18-,19-,20-/m1/s1. The van der Waals surface area contributed by atoms with E-state index in [4.69, 9.17) is 19.9 Å². The molecule has 0 N–H and O–H groups in total. The van der Waals surface area contributed by atoms with Crippen molar-refractivity contribution in [1.82, 2.24) is 19.9 Å². The lowest BCUT2D eigenvalue weighted by atomic mass is 9.48. The number of aromatic nitrogens is 4. The summed E-state index contributed by atoms with van der Waals surface area (Å²) >= 11 is 3.44. The fourth-order valence-corrected chi connectivity index (χ4v) is 9.22. The van der Waals surface area contributed by atoms with E-state index in [9.17, 15) is 0 Å². The first-order valence-electron chi connectivity index (χ1n) is 13.2. The normalized spacial score (nSPS) is 28.0. The maximum absolute atomic E-state index is 5.15. The molecule has 4 heterocycles. The second kappa shape index (κ2) is 7.11. The maximum atomic E-state index is 5.15. The average Bonchev–Trinajstić information content (AvgIpc) is 3.57. The molecule has 6 aliphatic carbocycles. The summed E-state index contributed by atoms with van der Waals surface area (Å²) in [4.78, 5) is 22.1. The van der Waals surface area contributed by atoms with Crippen molar-refractivity contribution in [3.05, 3.63) is 59.2 Å². The number of rotatable bonds is 3. The fourth-order valence-electron chi connectivity index (χ4n) is 7.39. The Hall–Kier alpha value is -2.44. The van der Waals surface area contributed by atoms with Gasteiger partial charge in [-0.15, -0.1) is 22.7 Å². The summed E-state index contributed by atoms with van der Waals surface area (Å²) in [5.74, 6) is 2.82. The number of hydrogen-bond acceptors (Lipinski definition) is 6. The van der Waals surface area contributed by atoms with Crippen molar-refractivity contribution in [2.45, 2.75) is 65.2 Å². The zero-order chi connectivity index (χ0) is 24.4. The largest absolute Gasteiger partial charge is 0.250 e. The van der Waals surface area contributed by atoms with Crippen molar-refractivity contribution in [1.29, 1.82) is 0 Å².